The molecule has 2 rings (SSSR count). The van der Waals surface area contributed by atoms with Crippen molar-refractivity contribution in [2.24, 2.45) is 17.8 Å². The average molecular weight is 158 g/mol. The van der Waals surface area contributed by atoms with E-state index in [1.165, 1.54) is 0 Å². The molecule has 1 aliphatic carbocycles. The van der Waals surface area contributed by atoms with Crippen molar-refractivity contribution in [1.29, 1.82) is 0 Å². The van der Waals surface area contributed by atoms with Gasteiger partial charge in [0.25, 0.3) is 0 Å². The first-order valence-electron chi connectivity index (χ1n) is 3.69. The quantitative estimate of drug-likeness (QED) is 0.580. The van der Waals surface area contributed by atoms with Crippen LogP contribution in [0.1, 0.15) is 0 Å². The fraction of sp³-hybridized carbons (Fsp3) is 0.857. The maximum Gasteiger partial charge on any atom is 0.307 e. The minimum absolute atomic E-state index is 0.204. The summed E-state index contributed by atoms with van der Waals surface area (Å²) in [6.07, 6.45) is 0. The predicted molar refractivity (Wildman–Crippen MR) is 34.9 cm³/mol. The average Bonchev–Trinajstić information content (AvgIpc) is 2.57. The maximum absolute atomic E-state index is 10.5. The van der Waals surface area contributed by atoms with Crippen molar-refractivity contribution in [1.82, 2.24) is 0 Å². The SMILES string of the molecule is O=C(O)[C@H]1[C@@H]2COCOC[C@@H]21. The summed E-state index contributed by atoms with van der Waals surface area (Å²) in [4.78, 5) is 10.5. The van der Waals surface area contributed by atoms with E-state index in [0.717, 1.165) is 0 Å². The lowest BCUT2D eigenvalue weighted by atomic mass is 10.3. The van der Waals surface area contributed by atoms with Gasteiger partial charge >= 0.3 is 5.97 Å². The van der Waals surface area contributed by atoms with E-state index >= 15 is 0 Å². The zero-order valence-electron chi connectivity index (χ0n) is 6.03. The largest absolute Gasteiger partial charge is 0.481 e. The van der Waals surface area contributed by atoms with Crippen LogP contribution in [0.2, 0.25) is 0 Å². The molecule has 1 aliphatic heterocycles. The Morgan fingerprint density at radius 2 is 1.82 bits per heavy atom. The van der Waals surface area contributed by atoms with Gasteiger partial charge in [-0.25, -0.2) is 0 Å². The molecule has 3 atom stereocenters. The molecular formula is C7H10O4. The van der Waals surface area contributed by atoms with E-state index in [4.69, 9.17) is 14.6 Å². The second-order valence-corrected chi connectivity index (χ2v) is 3.05. The van der Waals surface area contributed by atoms with Crippen molar-refractivity contribution in [2.75, 3.05) is 20.0 Å². The van der Waals surface area contributed by atoms with Gasteiger partial charge in [0, 0.05) is 11.8 Å². The molecule has 11 heavy (non-hydrogen) atoms. The number of carboxylic acid groups (broad SMARTS) is 1. The van der Waals surface area contributed by atoms with Crippen LogP contribution in [0.15, 0.2) is 0 Å². The summed E-state index contributed by atoms with van der Waals surface area (Å²) >= 11 is 0. The first kappa shape index (κ1) is 7.06. The molecule has 1 saturated carbocycles. The molecule has 0 bridgehead atoms. The summed E-state index contributed by atoms with van der Waals surface area (Å²) in [5.74, 6) is -0.519. The number of carboxylic acids is 1. The van der Waals surface area contributed by atoms with E-state index in [9.17, 15) is 4.79 Å². The van der Waals surface area contributed by atoms with Crippen LogP contribution in [-0.2, 0) is 14.3 Å². The van der Waals surface area contributed by atoms with Gasteiger partial charge < -0.3 is 14.6 Å². The van der Waals surface area contributed by atoms with Crippen molar-refractivity contribution < 1.29 is 19.4 Å². The number of fused-ring (bicyclic) bond motifs is 1. The van der Waals surface area contributed by atoms with Crippen molar-refractivity contribution >= 4 is 5.97 Å². The maximum atomic E-state index is 10.5. The number of rotatable bonds is 1. The lowest BCUT2D eigenvalue weighted by Crippen LogP contribution is -2.08. The summed E-state index contributed by atoms with van der Waals surface area (Å²) in [6, 6.07) is 0. The Hall–Kier alpha value is -0.610. The third kappa shape index (κ3) is 1.12. The Morgan fingerprint density at radius 1 is 1.27 bits per heavy atom. The molecule has 2 fully saturated rings. The Bertz CT molecular complexity index is 167. The fourth-order valence-corrected chi connectivity index (χ4v) is 1.69. The van der Waals surface area contributed by atoms with Gasteiger partial charge in [-0.15, -0.1) is 0 Å². The highest BCUT2D eigenvalue weighted by atomic mass is 16.7. The summed E-state index contributed by atoms with van der Waals surface area (Å²) in [5, 5.41) is 8.66. The van der Waals surface area contributed by atoms with Gasteiger partial charge in [0.15, 0.2) is 0 Å². The topological polar surface area (TPSA) is 55.8 Å². The van der Waals surface area contributed by atoms with E-state index in [1.54, 1.807) is 0 Å². The highest BCUT2D eigenvalue weighted by Crippen LogP contribution is 2.47. The summed E-state index contributed by atoms with van der Waals surface area (Å²) in [6.45, 7) is 1.41. The van der Waals surface area contributed by atoms with Crippen LogP contribution in [0.5, 0.6) is 0 Å². The van der Waals surface area contributed by atoms with Crippen LogP contribution in [0.25, 0.3) is 0 Å². The van der Waals surface area contributed by atoms with E-state index in [1.807, 2.05) is 0 Å². The zero-order valence-corrected chi connectivity index (χ0v) is 6.03. The summed E-state index contributed by atoms with van der Waals surface area (Å²) < 4.78 is 10.1. The van der Waals surface area contributed by atoms with Crippen LogP contribution < -0.4 is 0 Å². The van der Waals surface area contributed by atoms with Crippen LogP contribution in [0.4, 0.5) is 0 Å². The lowest BCUT2D eigenvalue weighted by Gasteiger charge is -2.00. The zero-order chi connectivity index (χ0) is 7.84. The molecule has 1 N–H and O–H groups in total. The third-order valence-electron chi connectivity index (χ3n) is 2.40. The van der Waals surface area contributed by atoms with E-state index < -0.39 is 5.97 Å². The molecule has 1 saturated heterocycles. The molecule has 0 radical (unpaired) electrons. The Labute approximate surface area is 64.1 Å². The van der Waals surface area contributed by atoms with Gasteiger partial charge in [-0.2, -0.15) is 0 Å². The molecular weight excluding hydrogens is 148 g/mol. The minimum atomic E-state index is -0.714. The second-order valence-electron chi connectivity index (χ2n) is 3.05. The van der Waals surface area contributed by atoms with Gasteiger partial charge in [-0.1, -0.05) is 0 Å². The normalized spacial score (nSPS) is 42.4. The molecule has 2 aliphatic rings. The Balaban J connectivity index is 1.96. The fourth-order valence-electron chi connectivity index (χ4n) is 1.69. The highest BCUT2D eigenvalue weighted by molar-refractivity contribution is 5.74. The van der Waals surface area contributed by atoms with Crippen molar-refractivity contribution in [3.8, 4) is 0 Å². The standard InChI is InChI=1S/C7H10O4/c8-7(9)6-4-1-10-3-11-2-5(4)6/h4-6H,1-3H2,(H,8,9)/t4-,5+,6+. The van der Waals surface area contributed by atoms with Crippen molar-refractivity contribution in [3.05, 3.63) is 0 Å². The molecule has 0 unspecified atom stereocenters. The van der Waals surface area contributed by atoms with Crippen LogP contribution in [0.3, 0.4) is 0 Å². The predicted octanol–water partition coefficient (Wildman–Crippen LogP) is -0.0625. The molecule has 0 aromatic rings. The first-order valence-corrected chi connectivity index (χ1v) is 3.69. The van der Waals surface area contributed by atoms with E-state index in [2.05, 4.69) is 0 Å². The third-order valence-corrected chi connectivity index (χ3v) is 2.40. The molecule has 0 aromatic carbocycles. The number of ether oxygens (including phenoxy) is 2. The minimum Gasteiger partial charge on any atom is -0.481 e. The molecule has 4 heteroatoms. The van der Waals surface area contributed by atoms with Crippen LogP contribution in [0, 0.1) is 17.8 Å². The Kier molecular flexibility index (Phi) is 1.58. The number of hydrogen-bond donors (Lipinski definition) is 1. The second kappa shape index (κ2) is 2.46. The van der Waals surface area contributed by atoms with Gasteiger partial charge in [0.1, 0.15) is 6.79 Å². The number of aliphatic carboxylic acids is 1. The van der Waals surface area contributed by atoms with E-state index in [0.29, 0.717) is 20.0 Å². The smallest absolute Gasteiger partial charge is 0.307 e. The number of carbonyl (C=O) groups is 1. The van der Waals surface area contributed by atoms with Gasteiger partial charge in [-0.3, -0.25) is 4.79 Å². The van der Waals surface area contributed by atoms with E-state index in [-0.39, 0.29) is 17.8 Å². The Morgan fingerprint density at radius 3 is 2.27 bits per heavy atom. The highest BCUT2D eigenvalue weighted by Gasteiger charge is 2.55. The van der Waals surface area contributed by atoms with Gasteiger partial charge in [0.05, 0.1) is 19.1 Å². The first-order chi connectivity index (χ1) is 5.30. The summed E-state index contributed by atoms with van der Waals surface area (Å²) in [7, 11) is 0. The van der Waals surface area contributed by atoms with Crippen LogP contribution in [-0.4, -0.2) is 31.1 Å². The van der Waals surface area contributed by atoms with Crippen LogP contribution >= 0.6 is 0 Å². The van der Waals surface area contributed by atoms with Crippen molar-refractivity contribution in [2.45, 2.75) is 0 Å². The molecule has 62 valence electrons. The lowest BCUT2D eigenvalue weighted by molar-refractivity contribution is -0.140. The van der Waals surface area contributed by atoms with Gasteiger partial charge in [-0.05, 0) is 0 Å². The summed E-state index contributed by atoms with van der Waals surface area (Å²) in [5.41, 5.74) is 0. The monoisotopic (exact) mass is 158 g/mol. The van der Waals surface area contributed by atoms with Gasteiger partial charge in [0.2, 0.25) is 0 Å². The molecule has 0 aromatic heterocycles. The molecule has 0 spiro atoms. The number of hydrogen-bond acceptors (Lipinski definition) is 3. The van der Waals surface area contributed by atoms with Crippen molar-refractivity contribution in [3.63, 3.8) is 0 Å². The molecule has 0 amide bonds. The molecule has 1 heterocycles. The molecule has 4 nitrogen and oxygen atoms in total.